The number of nitrogens with two attached hydrogens (primary N) is 1. The number of hydrogen-bond acceptors (Lipinski definition) is 2. The summed E-state index contributed by atoms with van der Waals surface area (Å²) >= 11 is 0. The minimum atomic E-state index is 0.683. The molecule has 0 aliphatic heterocycles. The highest BCUT2D eigenvalue weighted by Crippen LogP contribution is 2.37. The third-order valence-corrected chi connectivity index (χ3v) is 4.05. The van der Waals surface area contributed by atoms with E-state index < -0.39 is 0 Å². The molecule has 98 valence electrons. The maximum Gasteiger partial charge on any atom is 0.141 e. The monoisotopic (exact) mass is 253 g/mol. The highest BCUT2D eigenvalue weighted by Gasteiger charge is 2.18. The van der Waals surface area contributed by atoms with E-state index in [1.54, 1.807) is 7.11 Å². The summed E-state index contributed by atoms with van der Waals surface area (Å²) in [4.78, 5) is 0. The molecule has 2 aromatic carbocycles. The summed E-state index contributed by atoms with van der Waals surface area (Å²) < 4.78 is 5.18. The Bertz CT molecular complexity index is 570. The Labute approximate surface area is 114 Å². The third kappa shape index (κ3) is 2.30. The van der Waals surface area contributed by atoms with Crippen LogP contribution in [0.5, 0.6) is 5.75 Å². The molecule has 2 heteroatoms. The Morgan fingerprint density at radius 3 is 2.21 bits per heavy atom. The number of rotatable bonds is 3. The van der Waals surface area contributed by atoms with Crippen molar-refractivity contribution in [2.45, 2.75) is 25.2 Å². The van der Waals surface area contributed by atoms with Crippen LogP contribution < -0.4 is 10.5 Å². The van der Waals surface area contributed by atoms with Gasteiger partial charge >= 0.3 is 0 Å². The Morgan fingerprint density at radius 1 is 1.00 bits per heavy atom. The predicted octanol–water partition coefficient (Wildman–Crippen LogP) is 4.21. The molecule has 19 heavy (non-hydrogen) atoms. The highest BCUT2D eigenvalue weighted by molar-refractivity contribution is 5.70. The Hall–Kier alpha value is -1.96. The van der Waals surface area contributed by atoms with Crippen LogP contribution in [0.25, 0.3) is 11.1 Å². The van der Waals surface area contributed by atoms with Crippen LogP contribution in [0.3, 0.4) is 0 Å². The average Bonchev–Trinajstić information content (AvgIpc) is 2.37. The van der Waals surface area contributed by atoms with Crippen molar-refractivity contribution in [2.75, 3.05) is 12.8 Å². The van der Waals surface area contributed by atoms with Crippen LogP contribution in [0.2, 0.25) is 0 Å². The maximum atomic E-state index is 5.95. The molecule has 2 aromatic rings. The molecule has 0 atom stereocenters. The van der Waals surface area contributed by atoms with Gasteiger partial charge in [-0.1, -0.05) is 36.8 Å². The molecule has 3 rings (SSSR count). The molecule has 1 fully saturated rings. The summed E-state index contributed by atoms with van der Waals surface area (Å²) in [7, 11) is 1.64. The summed E-state index contributed by atoms with van der Waals surface area (Å²) in [6.07, 6.45) is 4.06. The largest absolute Gasteiger partial charge is 0.495 e. The van der Waals surface area contributed by atoms with Gasteiger partial charge in [-0.2, -0.15) is 0 Å². The standard InChI is InChI=1S/C17H19NO/c1-19-17-10-9-15(11-16(17)18)14-7-5-13(6-8-14)12-3-2-4-12/h5-12H,2-4,18H2,1H3. The van der Waals surface area contributed by atoms with E-state index in [1.807, 2.05) is 18.2 Å². The molecular formula is C17H19NO. The topological polar surface area (TPSA) is 35.2 Å². The van der Waals surface area contributed by atoms with Crippen LogP contribution in [0.1, 0.15) is 30.7 Å². The molecule has 0 amide bonds. The molecule has 0 unspecified atom stereocenters. The quantitative estimate of drug-likeness (QED) is 0.831. The van der Waals surface area contributed by atoms with Crippen molar-refractivity contribution in [3.05, 3.63) is 48.0 Å². The number of methoxy groups -OCH3 is 1. The summed E-state index contributed by atoms with van der Waals surface area (Å²) in [5, 5.41) is 0. The molecule has 0 bridgehead atoms. The maximum absolute atomic E-state index is 5.95. The molecule has 2 nitrogen and oxygen atoms in total. The lowest BCUT2D eigenvalue weighted by Crippen LogP contribution is -2.08. The minimum absolute atomic E-state index is 0.683. The van der Waals surface area contributed by atoms with Gasteiger partial charge in [-0.05, 0) is 47.6 Å². The van der Waals surface area contributed by atoms with Gasteiger partial charge in [0.2, 0.25) is 0 Å². The van der Waals surface area contributed by atoms with Gasteiger partial charge in [0.05, 0.1) is 12.8 Å². The van der Waals surface area contributed by atoms with Gasteiger partial charge < -0.3 is 10.5 Å². The lowest BCUT2D eigenvalue weighted by Gasteiger charge is -2.25. The lowest BCUT2D eigenvalue weighted by molar-refractivity contribution is 0.417. The Kier molecular flexibility index (Phi) is 3.16. The van der Waals surface area contributed by atoms with Crippen molar-refractivity contribution in [1.29, 1.82) is 0 Å². The molecule has 0 heterocycles. The van der Waals surface area contributed by atoms with E-state index >= 15 is 0 Å². The Balaban J connectivity index is 1.87. The first-order valence-corrected chi connectivity index (χ1v) is 6.82. The number of benzene rings is 2. The van der Waals surface area contributed by atoms with E-state index in [0.717, 1.165) is 17.2 Å². The van der Waals surface area contributed by atoms with E-state index in [-0.39, 0.29) is 0 Å². The number of hydrogen-bond donors (Lipinski definition) is 1. The fourth-order valence-electron chi connectivity index (χ4n) is 2.60. The molecule has 1 aliphatic carbocycles. The van der Waals surface area contributed by atoms with Crippen LogP contribution in [-0.4, -0.2) is 7.11 Å². The van der Waals surface area contributed by atoms with Gasteiger partial charge in [0.1, 0.15) is 5.75 Å². The fraction of sp³-hybridized carbons (Fsp3) is 0.294. The fourth-order valence-corrected chi connectivity index (χ4v) is 2.60. The molecule has 1 saturated carbocycles. The van der Waals surface area contributed by atoms with E-state index in [9.17, 15) is 0 Å². The van der Waals surface area contributed by atoms with E-state index in [0.29, 0.717) is 5.69 Å². The molecular weight excluding hydrogens is 234 g/mol. The summed E-state index contributed by atoms with van der Waals surface area (Å²) in [6, 6.07) is 14.8. The molecule has 0 radical (unpaired) electrons. The average molecular weight is 253 g/mol. The Morgan fingerprint density at radius 2 is 1.68 bits per heavy atom. The van der Waals surface area contributed by atoms with Crippen LogP contribution in [0.4, 0.5) is 5.69 Å². The summed E-state index contributed by atoms with van der Waals surface area (Å²) in [5.74, 6) is 1.52. The number of ether oxygens (including phenoxy) is 1. The molecule has 0 spiro atoms. The smallest absolute Gasteiger partial charge is 0.141 e. The normalized spacial score (nSPS) is 15.0. The predicted molar refractivity (Wildman–Crippen MR) is 79.4 cm³/mol. The second-order valence-corrected chi connectivity index (χ2v) is 5.21. The van der Waals surface area contributed by atoms with Crippen molar-refractivity contribution in [3.63, 3.8) is 0 Å². The second kappa shape index (κ2) is 4.96. The molecule has 1 aliphatic rings. The van der Waals surface area contributed by atoms with Gasteiger partial charge in [-0.3, -0.25) is 0 Å². The van der Waals surface area contributed by atoms with E-state index in [1.165, 1.54) is 30.4 Å². The van der Waals surface area contributed by atoms with Crippen LogP contribution in [-0.2, 0) is 0 Å². The molecule has 0 aromatic heterocycles. The highest BCUT2D eigenvalue weighted by atomic mass is 16.5. The van der Waals surface area contributed by atoms with Gasteiger partial charge in [0.15, 0.2) is 0 Å². The van der Waals surface area contributed by atoms with Gasteiger partial charge in [-0.15, -0.1) is 0 Å². The third-order valence-electron chi connectivity index (χ3n) is 4.05. The second-order valence-electron chi connectivity index (χ2n) is 5.21. The SMILES string of the molecule is COc1ccc(-c2ccc(C3CCC3)cc2)cc1N. The van der Waals surface area contributed by atoms with Crippen molar-refractivity contribution in [3.8, 4) is 16.9 Å². The van der Waals surface area contributed by atoms with Crippen LogP contribution in [0.15, 0.2) is 42.5 Å². The first-order valence-electron chi connectivity index (χ1n) is 6.82. The van der Waals surface area contributed by atoms with Crippen LogP contribution in [0, 0.1) is 0 Å². The summed E-state index contributed by atoms with van der Waals surface area (Å²) in [5.41, 5.74) is 10.4. The number of nitrogen functional groups attached to an aromatic ring is 1. The summed E-state index contributed by atoms with van der Waals surface area (Å²) in [6.45, 7) is 0. The minimum Gasteiger partial charge on any atom is -0.495 e. The van der Waals surface area contributed by atoms with Gasteiger partial charge in [-0.25, -0.2) is 0 Å². The van der Waals surface area contributed by atoms with Crippen molar-refractivity contribution in [1.82, 2.24) is 0 Å². The molecule has 0 saturated heterocycles. The van der Waals surface area contributed by atoms with E-state index in [2.05, 4.69) is 24.3 Å². The zero-order valence-electron chi connectivity index (χ0n) is 11.2. The van der Waals surface area contributed by atoms with Crippen molar-refractivity contribution < 1.29 is 4.74 Å². The first kappa shape index (κ1) is 12.1. The lowest BCUT2D eigenvalue weighted by atomic mass is 9.80. The van der Waals surface area contributed by atoms with Crippen molar-refractivity contribution >= 4 is 5.69 Å². The molecule has 2 N–H and O–H groups in total. The first-order chi connectivity index (χ1) is 9.28. The zero-order chi connectivity index (χ0) is 13.2. The zero-order valence-corrected chi connectivity index (χ0v) is 11.2. The van der Waals surface area contributed by atoms with Gasteiger partial charge in [0, 0.05) is 0 Å². The van der Waals surface area contributed by atoms with Crippen molar-refractivity contribution in [2.24, 2.45) is 0 Å². The van der Waals surface area contributed by atoms with Gasteiger partial charge in [0.25, 0.3) is 0 Å². The van der Waals surface area contributed by atoms with Crippen LogP contribution >= 0.6 is 0 Å². The van der Waals surface area contributed by atoms with E-state index in [4.69, 9.17) is 10.5 Å². The number of anilines is 1.